The second-order valence-electron chi connectivity index (χ2n) is 4.83. The molecule has 0 saturated heterocycles. The number of hydrogen-bond donors (Lipinski definition) is 2. The number of nitrogens with two attached hydrogens (primary N) is 1. The van der Waals surface area contributed by atoms with E-state index < -0.39 is 0 Å². The molecule has 0 unspecified atom stereocenters. The van der Waals surface area contributed by atoms with Gasteiger partial charge in [-0.2, -0.15) is 0 Å². The van der Waals surface area contributed by atoms with Crippen molar-refractivity contribution in [1.29, 1.82) is 0 Å². The lowest BCUT2D eigenvalue weighted by Crippen LogP contribution is -2.29. The Labute approximate surface area is 97.5 Å². The van der Waals surface area contributed by atoms with Crippen molar-refractivity contribution in [3.8, 4) is 0 Å². The van der Waals surface area contributed by atoms with Crippen molar-refractivity contribution in [1.82, 2.24) is 4.98 Å². The zero-order valence-electron chi connectivity index (χ0n) is 9.95. The number of nitrogens with one attached hydrogen (secondary N) is 1. The molecule has 1 fully saturated rings. The minimum atomic E-state index is 0.438. The molecule has 0 spiro atoms. The van der Waals surface area contributed by atoms with Crippen molar-refractivity contribution in [3.63, 3.8) is 0 Å². The first-order valence-electron chi connectivity index (χ1n) is 6.17. The van der Waals surface area contributed by atoms with Crippen LogP contribution in [0.25, 0.3) is 0 Å². The van der Waals surface area contributed by atoms with Gasteiger partial charge in [0.25, 0.3) is 0 Å². The molecule has 16 heavy (non-hydrogen) atoms. The Hall–Kier alpha value is -1.09. The summed E-state index contributed by atoms with van der Waals surface area (Å²) in [5.74, 6) is 1.79. The molecule has 1 saturated carbocycles. The quantitative estimate of drug-likeness (QED) is 0.820. The van der Waals surface area contributed by atoms with Gasteiger partial charge in [-0.3, -0.25) is 0 Å². The van der Waals surface area contributed by atoms with Crippen LogP contribution in [0.2, 0.25) is 0 Å². The van der Waals surface area contributed by atoms with Crippen molar-refractivity contribution in [2.24, 2.45) is 11.7 Å². The monoisotopic (exact) mass is 219 g/mol. The third kappa shape index (κ3) is 2.95. The van der Waals surface area contributed by atoms with Gasteiger partial charge >= 0.3 is 0 Å². The molecule has 0 atom stereocenters. The summed E-state index contributed by atoms with van der Waals surface area (Å²) in [6, 6.07) is 4.50. The molecule has 1 aromatic rings. The van der Waals surface area contributed by atoms with Gasteiger partial charge in [0, 0.05) is 18.8 Å². The Balaban J connectivity index is 1.81. The minimum absolute atomic E-state index is 0.438. The van der Waals surface area contributed by atoms with Gasteiger partial charge in [-0.25, -0.2) is 4.98 Å². The van der Waals surface area contributed by atoms with Crippen LogP contribution in [0.15, 0.2) is 18.3 Å². The van der Waals surface area contributed by atoms with Crippen LogP contribution >= 0.6 is 0 Å². The third-order valence-electron chi connectivity index (χ3n) is 3.46. The molecule has 3 nitrogen and oxygen atoms in total. The number of hydrogen-bond acceptors (Lipinski definition) is 3. The number of rotatable bonds is 3. The van der Waals surface area contributed by atoms with E-state index in [1.165, 1.54) is 31.2 Å². The summed E-state index contributed by atoms with van der Waals surface area (Å²) in [6.07, 6.45) is 6.69. The number of anilines is 1. The van der Waals surface area contributed by atoms with Gasteiger partial charge < -0.3 is 11.1 Å². The average molecular weight is 219 g/mol. The van der Waals surface area contributed by atoms with Gasteiger partial charge in [0.1, 0.15) is 5.82 Å². The van der Waals surface area contributed by atoms with E-state index in [1.807, 2.05) is 12.3 Å². The van der Waals surface area contributed by atoms with Crippen molar-refractivity contribution in [3.05, 3.63) is 23.9 Å². The summed E-state index contributed by atoms with van der Waals surface area (Å²) in [7, 11) is 0. The summed E-state index contributed by atoms with van der Waals surface area (Å²) in [6.45, 7) is 3.12. The molecule has 3 heteroatoms. The Morgan fingerprint density at radius 1 is 1.38 bits per heavy atom. The van der Waals surface area contributed by atoms with Crippen LogP contribution in [0.1, 0.15) is 31.2 Å². The maximum Gasteiger partial charge on any atom is 0.128 e. The zero-order valence-corrected chi connectivity index (χ0v) is 9.95. The SMILES string of the molecule is Cc1cccnc1NCC1CCC(N)CC1. The van der Waals surface area contributed by atoms with Crippen LogP contribution in [-0.2, 0) is 0 Å². The van der Waals surface area contributed by atoms with Gasteiger partial charge in [0.05, 0.1) is 0 Å². The van der Waals surface area contributed by atoms with E-state index >= 15 is 0 Å². The molecule has 0 amide bonds. The highest BCUT2D eigenvalue weighted by atomic mass is 15.0. The fraction of sp³-hybridized carbons (Fsp3) is 0.615. The highest BCUT2D eigenvalue weighted by molar-refractivity contribution is 5.42. The Bertz CT molecular complexity index is 330. The first-order valence-corrected chi connectivity index (χ1v) is 6.17. The van der Waals surface area contributed by atoms with Crippen LogP contribution in [0.3, 0.4) is 0 Å². The third-order valence-corrected chi connectivity index (χ3v) is 3.46. The van der Waals surface area contributed by atoms with Crippen molar-refractivity contribution in [2.75, 3.05) is 11.9 Å². The lowest BCUT2D eigenvalue weighted by Gasteiger charge is -2.26. The molecule has 1 heterocycles. The van der Waals surface area contributed by atoms with E-state index in [1.54, 1.807) is 0 Å². The van der Waals surface area contributed by atoms with Crippen molar-refractivity contribution < 1.29 is 0 Å². The Morgan fingerprint density at radius 2 is 2.12 bits per heavy atom. The predicted octanol–water partition coefficient (Wildman–Crippen LogP) is 2.32. The molecule has 0 aliphatic heterocycles. The first kappa shape index (κ1) is 11.4. The molecule has 1 aromatic heterocycles. The van der Waals surface area contributed by atoms with E-state index in [-0.39, 0.29) is 0 Å². The molecule has 1 aliphatic carbocycles. The van der Waals surface area contributed by atoms with Gasteiger partial charge in [-0.05, 0) is 50.2 Å². The number of pyridine rings is 1. The van der Waals surface area contributed by atoms with E-state index in [0.717, 1.165) is 18.3 Å². The maximum atomic E-state index is 5.90. The molecule has 0 radical (unpaired) electrons. The van der Waals surface area contributed by atoms with Crippen LogP contribution < -0.4 is 11.1 Å². The molecule has 0 bridgehead atoms. The summed E-state index contributed by atoms with van der Waals surface area (Å²) < 4.78 is 0. The van der Waals surface area contributed by atoms with E-state index in [2.05, 4.69) is 23.3 Å². The number of aromatic nitrogens is 1. The summed E-state index contributed by atoms with van der Waals surface area (Å²) in [5, 5.41) is 3.45. The molecule has 2 rings (SSSR count). The molecule has 3 N–H and O–H groups in total. The predicted molar refractivity (Wildman–Crippen MR) is 67.4 cm³/mol. The summed E-state index contributed by atoms with van der Waals surface area (Å²) >= 11 is 0. The van der Waals surface area contributed by atoms with Crippen molar-refractivity contribution in [2.45, 2.75) is 38.6 Å². The second kappa shape index (κ2) is 5.30. The highest BCUT2D eigenvalue weighted by Gasteiger charge is 2.18. The molecule has 88 valence electrons. The molecule has 0 aromatic carbocycles. The topological polar surface area (TPSA) is 50.9 Å². The van der Waals surface area contributed by atoms with Crippen LogP contribution in [0, 0.1) is 12.8 Å². The van der Waals surface area contributed by atoms with Crippen LogP contribution in [0.4, 0.5) is 5.82 Å². The second-order valence-corrected chi connectivity index (χ2v) is 4.83. The molecule has 1 aliphatic rings. The van der Waals surface area contributed by atoms with Gasteiger partial charge in [-0.15, -0.1) is 0 Å². The first-order chi connectivity index (χ1) is 7.75. The van der Waals surface area contributed by atoms with Crippen LogP contribution in [-0.4, -0.2) is 17.6 Å². The standard InChI is InChI=1S/C13H21N3/c1-10-3-2-8-15-13(10)16-9-11-4-6-12(14)7-5-11/h2-3,8,11-12H,4-7,9,14H2,1H3,(H,15,16). The Kier molecular flexibility index (Phi) is 3.78. The van der Waals surface area contributed by atoms with Gasteiger partial charge in [0.2, 0.25) is 0 Å². The van der Waals surface area contributed by atoms with Crippen LogP contribution in [0.5, 0.6) is 0 Å². The largest absolute Gasteiger partial charge is 0.370 e. The highest BCUT2D eigenvalue weighted by Crippen LogP contribution is 2.23. The number of aryl methyl sites for hydroxylation is 1. The average Bonchev–Trinajstić information content (AvgIpc) is 2.30. The fourth-order valence-corrected chi connectivity index (χ4v) is 2.30. The molecular weight excluding hydrogens is 198 g/mol. The van der Waals surface area contributed by atoms with E-state index in [0.29, 0.717) is 6.04 Å². The van der Waals surface area contributed by atoms with Crippen molar-refractivity contribution >= 4 is 5.82 Å². The van der Waals surface area contributed by atoms with E-state index in [4.69, 9.17) is 5.73 Å². The van der Waals surface area contributed by atoms with Gasteiger partial charge in [0.15, 0.2) is 0 Å². The smallest absolute Gasteiger partial charge is 0.128 e. The molecular formula is C13H21N3. The lowest BCUT2D eigenvalue weighted by molar-refractivity contribution is 0.338. The van der Waals surface area contributed by atoms with E-state index in [9.17, 15) is 0 Å². The zero-order chi connectivity index (χ0) is 11.4. The summed E-state index contributed by atoms with van der Waals surface area (Å²) in [5.41, 5.74) is 7.11. The minimum Gasteiger partial charge on any atom is -0.370 e. The maximum absolute atomic E-state index is 5.90. The summed E-state index contributed by atoms with van der Waals surface area (Å²) in [4.78, 5) is 4.34. The fourth-order valence-electron chi connectivity index (χ4n) is 2.30. The lowest BCUT2D eigenvalue weighted by atomic mass is 9.86. The normalized spacial score (nSPS) is 25.4. The van der Waals surface area contributed by atoms with Gasteiger partial charge in [-0.1, -0.05) is 6.07 Å². The number of nitrogens with zero attached hydrogens (tertiary/aromatic N) is 1. The Morgan fingerprint density at radius 3 is 2.81 bits per heavy atom.